The summed E-state index contributed by atoms with van der Waals surface area (Å²) in [4.78, 5) is 11.4. The highest BCUT2D eigenvalue weighted by molar-refractivity contribution is 5.71. The number of ether oxygens (including phenoxy) is 2. The standard InChI is InChI=1S/C16H25NO3/c1-5-17-13(4)10-14-6-8-15(9-7-14)19-11-16(18)20-12(2)3/h6-9,12-13,17H,5,10-11H2,1-4H3. The van der Waals surface area contributed by atoms with E-state index in [-0.39, 0.29) is 18.7 Å². The van der Waals surface area contributed by atoms with Crippen LogP contribution in [0.4, 0.5) is 0 Å². The number of benzene rings is 1. The van der Waals surface area contributed by atoms with Crippen LogP contribution in [0.1, 0.15) is 33.3 Å². The number of carbonyl (C=O) groups is 1. The quantitative estimate of drug-likeness (QED) is 0.743. The molecule has 0 aliphatic carbocycles. The Kier molecular flexibility index (Phi) is 7.09. The molecule has 0 fully saturated rings. The first kappa shape index (κ1) is 16.5. The Hall–Kier alpha value is -1.55. The second kappa shape index (κ2) is 8.59. The molecule has 112 valence electrons. The lowest BCUT2D eigenvalue weighted by atomic mass is 10.1. The maximum absolute atomic E-state index is 11.4. The summed E-state index contributed by atoms with van der Waals surface area (Å²) in [5.74, 6) is 0.343. The van der Waals surface area contributed by atoms with Gasteiger partial charge >= 0.3 is 5.97 Å². The van der Waals surface area contributed by atoms with E-state index in [1.165, 1.54) is 5.56 Å². The molecule has 0 aliphatic rings. The van der Waals surface area contributed by atoms with Gasteiger partial charge in [-0.15, -0.1) is 0 Å². The van der Waals surface area contributed by atoms with Gasteiger partial charge in [0.2, 0.25) is 0 Å². The first-order valence-electron chi connectivity index (χ1n) is 7.15. The first-order chi connectivity index (χ1) is 9.51. The summed E-state index contributed by atoms with van der Waals surface area (Å²) in [6, 6.07) is 8.27. The predicted octanol–water partition coefficient (Wildman–Crippen LogP) is 2.56. The SMILES string of the molecule is CCNC(C)Cc1ccc(OCC(=O)OC(C)C)cc1. The topological polar surface area (TPSA) is 47.6 Å². The third-order valence-corrected chi connectivity index (χ3v) is 2.74. The lowest BCUT2D eigenvalue weighted by Gasteiger charge is -2.13. The van der Waals surface area contributed by atoms with E-state index in [4.69, 9.17) is 9.47 Å². The molecule has 0 aromatic heterocycles. The van der Waals surface area contributed by atoms with Gasteiger partial charge in [-0.1, -0.05) is 19.1 Å². The van der Waals surface area contributed by atoms with Crippen molar-refractivity contribution in [3.8, 4) is 5.75 Å². The van der Waals surface area contributed by atoms with Crippen LogP contribution in [0.2, 0.25) is 0 Å². The first-order valence-corrected chi connectivity index (χ1v) is 7.15. The molecule has 1 rings (SSSR count). The zero-order valence-corrected chi connectivity index (χ0v) is 12.8. The van der Waals surface area contributed by atoms with E-state index in [2.05, 4.69) is 19.2 Å². The van der Waals surface area contributed by atoms with E-state index in [0.29, 0.717) is 11.8 Å². The van der Waals surface area contributed by atoms with E-state index in [0.717, 1.165) is 13.0 Å². The van der Waals surface area contributed by atoms with Crippen molar-refractivity contribution in [2.75, 3.05) is 13.2 Å². The van der Waals surface area contributed by atoms with E-state index < -0.39 is 0 Å². The molecule has 0 saturated carbocycles. The lowest BCUT2D eigenvalue weighted by molar-refractivity contribution is -0.149. The van der Waals surface area contributed by atoms with Crippen molar-refractivity contribution in [2.24, 2.45) is 0 Å². The molecule has 1 aromatic rings. The van der Waals surface area contributed by atoms with E-state index in [1.807, 2.05) is 38.1 Å². The maximum Gasteiger partial charge on any atom is 0.344 e. The molecule has 1 atom stereocenters. The van der Waals surface area contributed by atoms with Crippen LogP contribution in [0, 0.1) is 0 Å². The fourth-order valence-corrected chi connectivity index (χ4v) is 1.94. The van der Waals surface area contributed by atoms with Crippen molar-refractivity contribution >= 4 is 5.97 Å². The van der Waals surface area contributed by atoms with Crippen LogP contribution >= 0.6 is 0 Å². The Bertz CT molecular complexity index is 401. The van der Waals surface area contributed by atoms with Gasteiger partial charge in [0.1, 0.15) is 5.75 Å². The van der Waals surface area contributed by atoms with Gasteiger partial charge < -0.3 is 14.8 Å². The molecule has 4 heteroatoms. The molecule has 0 aliphatic heterocycles. The van der Waals surface area contributed by atoms with Gasteiger partial charge in [0, 0.05) is 6.04 Å². The van der Waals surface area contributed by atoms with Crippen molar-refractivity contribution < 1.29 is 14.3 Å². The molecule has 1 aromatic carbocycles. The average molecular weight is 279 g/mol. The number of nitrogens with one attached hydrogen (secondary N) is 1. The molecular weight excluding hydrogens is 254 g/mol. The number of rotatable bonds is 8. The predicted molar refractivity (Wildman–Crippen MR) is 80.0 cm³/mol. The second-order valence-corrected chi connectivity index (χ2v) is 5.13. The number of esters is 1. The highest BCUT2D eigenvalue weighted by atomic mass is 16.6. The molecule has 20 heavy (non-hydrogen) atoms. The smallest absolute Gasteiger partial charge is 0.344 e. The minimum absolute atomic E-state index is 0.0503. The van der Waals surface area contributed by atoms with Gasteiger partial charge in [-0.25, -0.2) is 4.79 Å². The van der Waals surface area contributed by atoms with Crippen LogP contribution in [-0.2, 0) is 16.0 Å². The molecule has 0 saturated heterocycles. The van der Waals surface area contributed by atoms with Crippen LogP contribution in [-0.4, -0.2) is 31.3 Å². The Labute approximate surface area is 121 Å². The monoisotopic (exact) mass is 279 g/mol. The zero-order chi connectivity index (χ0) is 15.0. The van der Waals surface area contributed by atoms with Gasteiger partial charge in [-0.3, -0.25) is 0 Å². The number of hydrogen-bond acceptors (Lipinski definition) is 4. The van der Waals surface area contributed by atoms with Crippen LogP contribution < -0.4 is 10.1 Å². The van der Waals surface area contributed by atoms with Gasteiger partial charge in [0.25, 0.3) is 0 Å². The summed E-state index contributed by atoms with van der Waals surface area (Å²) >= 11 is 0. The fraction of sp³-hybridized carbons (Fsp3) is 0.562. The van der Waals surface area contributed by atoms with Gasteiger partial charge in [-0.05, 0) is 51.4 Å². The summed E-state index contributed by atoms with van der Waals surface area (Å²) in [7, 11) is 0. The zero-order valence-electron chi connectivity index (χ0n) is 12.8. The van der Waals surface area contributed by atoms with E-state index in [1.54, 1.807) is 0 Å². The molecule has 0 radical (unpaired) electrons. The van der Waals surface area contributed by atoms with E-state index >= 15 is 0 Å². The van der Waals surface area contributed by atoms with Gasteiger partial charge in [0.15, 0.2) is 6.61 Å². The van der Waals surface area contributed by atoms with Crippen LogP contribution in [0.5, 0.6) is 5.75 Å². The maximum atomic E-state index is 11.4. The largest absolute Gasteiger partial charge is 0.482 e. The number of likely N-dealkylation sites (N-methyl/N-ethyl adjacent to an activating group) is 1. The van der Waals surface area contributed by atoms with Crippen molar-refractivity contribution in [1.29, 1.82) is 0 Å². The third-order valence-electron chi connectivity index (χ3n) is 2.74. The average Bonchev–Trinajstić information content (AvgIpc) is 2.37. The minimum atomic E-state index is -0.343. The van der Waals surface area contributed by atoms with Crippen LogP contribution in [0.25, 0.3) is 0 Å². The molecular formula is C16H25NO3. The number of carbonyl (C=O) groups excluding carboxylic acids is 1. The van der Waals surface area contributed by atoms with Crippen molar-refractivity contribution in [1.82, 2.24) is 5.32 Å². The highest BCUT2D eigenvalue weighted by Gasteiger charge is 2.07. The Balaban J connectivity index is 2.40. The summed E-state index contributed by atoms with van der Waals surface area (Å²) < 4.78 is 10.4. The van der Waals surface area contributed by atoms with Crippen LogP contribution in [0.3, 0.4) is 0 Å². The Morgan fingerprint density at radius 2 is 1.85 bits per heavy atom. The number of hydrogen-bond donors (Lipinski definition) is 1. The van der Waals surface area contributed by atoms with Crippen molar-refractivity contribution in [3.63, 3.8) is 0 Å². The van der Waals surface area contributed by atoms with Crippen LogP contribution in [0.15, 0.2) is 24.3 Å². The Morgan fingerprint density at radius 3 is 2.40 bits per heavy atom. The summed E-state index contributed by atoms with van der Waals surface area (Å²) in [5.41, 5.74) is 1.25. The third kappa shape index (κ3) is 6.57. The van der Waals surface area contributed by atoms with Gasteiger partial charge in [0.05, 0.1) is 6.10 Å². The Morgan fingerprint density at radius 1 is 1.20 bits per heavy atom. The molecule has 1 N–H and O–H groups in total. The highest BCUT2D eigenvalue weighted by Crippen LogP contribution is 2.13. The van der Waals surface area contributed by atoms with E-state index in [9.17, 15) is 4.79 Å². The molecule has 1 unspecified atom stereocenters. The molecule has 0 bridgehead atoms. The minimum Gasteiger partial charge on any atom is -0.482 e. The van der Waals surface area contributed by atoms with Gasteiger partial charge in [-0.2, -0.15) is 0 Å². The molecule has 0 amide bonds. The lowest BCUT2D eigenvalue weighted by Crippen LogP contribution is -2.27. The summed E-state index contributed by atoms with van der Waals surface area (Å²) in [6.07, 6.45) is 0.866. The normalized spacial score (nSPS) is 12.2. The second-order valence-electron chi connectivity index (χ2n) is 5.13. The molecule has 4 nitrogen and oxygen atoms in total. The summed E-state index contributed by atoms with van der Waals surface area (Å²) in [6.45, 7) is 8.82. The fourth-order valence-electron chi connectivity index (χ4n) is 1.94. The van der Waals surface area contributed by atoms with Crippen molar-refractivity contribution in [3.05, 3.63) is 29.8 Å². The molecule has 0 heterocycles. The molecule has 0 spiro atoms. The van der Waals surface area contributed by atoms with Crippen molar-refractivity contribution in [2.45, 2.75) is 46.3 Å². The summed E-state index contributed by atoms with van der Waals surface area (Å²) in [5, 5.41) is 3.37.